The molecule has 2 aromatic rings. The van der Waals surface area contributed by atoms with Crippen LogP contribution in [0.1, 0.15) is 18.1 Å². The van der Waals surface area contributed by atoms with Gasteiger partial charge >= 0.3 is 6.09 Å². The molecule has 0 heterocycles. The van der Waals surface area contributed by atoms with Gasteiger partial charge in [0.05, 0.1) is 13.2 Å². The second kappa shape index (κ2) is 9.10. The maximum absolute atomic E-state index is 12.2. The van der Waals surface area contributed by atoms with Gasteiger partial charge in [0.2, 0.25) is 5.91 Å². The van der Waals surface area contributed by atoms with Gasteiger partial charge in [0.1, 0.15) is 0 Å². The molecule has 26 heavy (non-hydrogen) atoms. The highest BCUT2D eigenvalue weighted by atomic mass is 35.5. The smallest absolute Gasteiger partial charge is 0.411 e. The van der Waals surface area contributed by atoms with Crippen molar-refractivity contribution in [2.75, 3.05) is 29.1 Å². The summed E-state index contributed by atoms with van der Waals surface area (Å²) >= 11 is 5.96. The van der Waals surface area contributed by atoms with Crippen LogP contribution >= 0.6 is 11.6 Å². The molecule has 3 N–H and O–H groups in total. The number of halogens is 1. The number of amides is 2. The quantitative estimate of drug-likeness (QED) is 0.690. The van der Waals surface area contributed by atoms with Crippen LogP contribution in [-0.2, 0) is 9.53 Å². The number of nitrogens with one attached hydrogen (secondary N) is 3. The minimum absolute atomic E-state index is 0.0790. The van der Waals surface area contributed by atoms with Crippen molar-refractivity contribution < 1.29 is 14.3 Å². The van der Waals surface area contributed by atoms with E-state index in [-0.39, 0.29) is 12.5 Å². The average Bonchev–Trinajstić information content (AvgIpc) is 2.59. The van der Waals surface area contributed by atoms with E-state index in [2.05, 4.69) is 16.0 Å². The van der Waals surface area contributed by atoms with Gasteiger partial charge < -0.3 is 15.4 Å². The van der Waals surface area contributed by atoms with Gasteiger partial charge in [-0.05, 0) is 56.2 Å². The number of benzene rings is 2. The predicted molar refractivity (Wildman–Crippen MR) is 105 cm³/mol. The first kappa shape index (κ1) is 19.6. The molecule has 0 fully saturated rings. The summed E-state index contributed by atoms with van der Waals surface area (Å²) in [5.74, 6) is -0.196. The van der Waals surface area contributed by atoms with Crippen LogP contribution in [0.3, 0.4) is 0 Å². The van der Waals surface area contributed by atoms with Gasteiger partial charge in [0, 0.05) is 22.1 Å². The number of aryl methyl sites for hydroxylation is 1. The molecule has 6 nitrogen and oxygen atoms in total. The highest BCUT2D eigenvalue weighted by Gasteiger charge is 2.10. The maximum Gasteiger partial charge on any atom is 0.411 e. The largest absolute Gasteiger partial charge is 0.450 e. The molecule has 0 spiro atoms. The molecule has 0 aliphatic carbocycles. The summed E-state index contributed by atoms with van der Waals surface area (Å²) in [4.78, 5) is 23.8. The molecule has 0 saturated heterocycles. The van der Waals surface area contributed by atoms with Crippen LogP contribution in [0.2, 0.25) is 5.02 Å². The minimum Gasteiger partial charge on any atom is -0.450 e. The van der Waals surface area contributed by atoms with E-state index in [4.69, 9.17) is 16.3 Å². The Morgan fingerprint density at radius 1 is 1.04 bits per heavy atom. The van der Waals surface area contributed by atoms with E-state index in [0.717, 1.165) is 16.8 Å². The summed E-state index contributed by atoms with van der Waals surface area (Å²) < 4.78 is 4.88. The van der Waals surface area contributed by atoms with Crippen LogP contribution in [-0.4, -0.2) is 25.2 Å². The molecule has 0 aromatic heterocycles. The van der Waals surface area contributed by atoms with E-state index in [9.17, 15) is 9.59 Å². The fourth-order valence-electron chi connectivity index (χ4n) is 2.34. The SMILES string of the molecule is CCOC(=O)Nc1cccc(NCC(=O)Nc2cc(Cl)ccc2C)c1C. The Balaban J connectivity index is 1.99. The molecule has 138 valence electrons. The molecule has 2 aromatic carbocycles. The lowest BCUT2D eigenvalue weighted by molar-refractivity contribution is -0.114. The molecule has 0 radical (unpaired) electrons. The van der Waals surface area contributed by atoms with Gasteiger partial charge in [-0.15, -0.1) is 0 Å². The summed E-state index contributed by atoms with van der Waals surface area (Å²) in [6.07, 6.45) is -0.512. The van der Waals surface area contributed by atoms with Crippen molar-refractivity contribution in [3.05, 3.63) is 52.5 Å². The molecular weight excluding hydrogens is 354 g/mol. The third-order valence-corrected chi connectivity index (χ3v) is 3.99. The van der Waals surface area contributed by atoms with Gasteiger partial charge in [-0.3, -0.25) is 10.1 Å². The van der Waals surface area contributed by atoms with Gasteiger partial charge in [-0.2, -0.15) is 0 Å². The normalized spacial score (nSPS) is 10.2. The molecule has 2 amide bonds. The Hall–Kier alpha value is -2.73. The summed E-state index contributed by atoms with van der Waals surface area (Å²) in [6, 6.07) is 10.7. The number of ether oxygens (including phenoxy) is 1. The van der Waals surface area contributed by atoms with Crippen molar-refractivity contribution in [2.45, 2.75) is 20.8 Å². The zero-order valence-electron chi connectivity index (χ0n) is 15.0. The summed E-state index contributed by atoms with van der Waals surface area (Å²) in [6.45, 7) is 5.86. The standard InChI is InChI=1S/C19H22ClN3O3/c1-4-26-19(25)23-16-7-5-6-15(13(16)3)21-11-18(24)22-17-10-14(20)9-8-12(17)2/h5-10,21H,4,11H2,1-3H3,(H,22,24)(H,23,25). The predicted octanol–water partition coefficient (Wildman–Crippen LogP) is 4.58. The second-order valence-electron chi connectivity index (χ2n) is 5.68. The monoisotopic (exact) mass is 375 g/mol. The number of rotatable bonds is 6. The van der Waals surface area contributed by atoms with Gasteiger partial charge in [0.15, 0.2) is 0 Å². The number of hydrogen-bond acceptors (Lipinski definition) is 4. The van der Waals surface area contributed by atoms with Gasteiger partial charge in [0.25, 0.3) is 0 Å². The number of carbonyl (C=O) groups is 2. The van der Waals surface area contributed by atoms with E-state index in [0.29, 0.717) is 23.0 Å². The van der Waals surface area contributed by atoms with Gasteiger partial charge in [-0.1, -0.05) is 23.7 Å². The second-order valence-corrected chi connectivity index (χ2v) is 6.12. The van der Waals surface area contributed by atoms with Crippen molar-refractivity contribution >= 4 is 40.7 Å². The van der Waals surface area contributed by atoms with E-state index >= 15 is 0 Å². The Bertz CT molecular complexity index is 809. The molecule has 2 rings (SSSR count). The van der Waals surface area contributed by atoms with E-state index in [1.807, 2.05) is 26.0 Å². The minimum atomic E-state index is -0.512. The zero-order chi connectivity index (χ0) is 19.1. The maximum atomic E-state index is 12.2. The summed E-state index contributed by atoms with van der Waals surface area (Å²) in [7, 11) is 0. The lowest BCUT2D eigenvalue weighted by Gasteiger charge is -2.14. The fraction of sp³-hybridized carbons (Fsp3) is 0.263. The van der Waals surface area contributed by atoms with Crippen molar-refractivity contribution in [1.29, 1.82) is 0 Å². The third kappa shape index (κ3) is 5.39. The Labute approximate surface area is 157 Å². The molecule has 0 aliphatic rings. The Kier molecular flexibility index (Phi) is 6.86. The Morgan fingerprint density at radius 2 is 1.77 bits per heavy atom. The molecule has 0 atom stereocenters. The van der Waals surface area contributed by atoms with E-state index in [1.165, 1.54) is 0 Å². The lowest BCUT2D eigenvalue weighted by Crippen LogP contribution is -2.22. The molecule has 7 heteroatoms. The zero-order valence-corrected chi connectivity index (χ0v) is 15.7. The highest BCUT2D eigenvalue weighted by molar-refractivity contribution is 6.31. The summed E-state index contributed by atoms with van der Waals surface area (Å²) in [5, 5.41) is 9.14. The average molecular weight is 376 g/mol. The molecule has 0 saturated carbocycles. The highest BCUT2D eigenvalue weighted by Crippen LogP contribution is 2.24. The third-order valence-electron chi connectivity index (χ3n) is 3.76. The van der Waals surface area contributed by atoms with Crippen LogP contribution < -0.4 is 16.0 Å². The van der Waals surface area contributed by atoms with Crippen molar-refractivity contribution in [2.24, 2.45) is 0 Å². The van der Waals surface area contributed by atoms with Crippen molar-refractivity contribution in [1.82, 2.24) is 0 Å². The first-order valence-corrected chi connectivity index (χ1v) is 8.61. The first-order chi connectivity index (χ1) is 12.4. The van der Waals surface area contributed by atoms with Crippen LogP contribution in [0.4, 0.5) is 21.9 Å². The molecule has 0 aliphatic heterocycles. The van der Waals surface area contributed by atoms with Gasteiger partial charge in [-0.25, -0.2) is 4.79 Å². The van der Waals surface area contributed by atoms with Crippen LogP contribution in [0.25, 0.3) is 0 Å². The number of anilines is 3. The van der Waals surface area contributed by atoms with E-state index in [1.54, 1.807) is 31.2 Å². The first-order valence-electron chi connectivity index (χ1n) is 8.24. The lowest BCUT2D eigenvalue weighted by atomic mass is 10.1. The molecule has 0 bridgehead atoms. The molecular formula is C19H22ClN3O3. The van der Waals surface area contributed by atoms with E-state index < -0.39 is 6.09 Å². The summed E-state index contributed by atoms with van der Waals surface area (Å²) in [5.41, 5.74) is 3.79. The van der Waals surface area contributed by atoms with Crippen molar-refractivity contribution in [3.63, 3.8) is 0 Å². The topological polar surface area (TPSA) is 79.5 Å². The van der Waals surface area contributed by atoms with Crippen LogP contribution in [0.5, 0.6) is 0 Å². The number of carbonyl (C=O) groups excluding carboxylic acids is 2. The Morgan fingerprint density at radius 3 is 2.50 bits per heavy atom. The van der Waals surface area contributed by atoms with Crippen LogP contribution in [0.15, 0.2) is 36.4 Å². The molecule has 0 unspecified atom stereocenters. The number of hydrogen-bond donors (Lipinski definition) is 3. The van der Waals surface area contributed by atoms with Crippen LogP contribution in [0, 0.1) is 13.8 Å². The van der Waals surface area contributed by atoms with Crippen molar-refractivity contribution in [3.8, 4) is 0 Å². The fourth-order valence-corrected chi connectivity index (χ4v) is 2.51.